The summed E-state index contributed by atoms with van der Waals surface area (Å²) in [5, 5.41) is 0.110. The van der Waals surface area contributed by atoms with Crippen LogP contribution < -0.4 is 9.64 Å². The van der Waals surface area contributed by atoms with E-state index in [1.807, 2.05) is 19.0 Å². The highest BCUT2D eigenvalue weighted by Gasteiger charge is 2.29. The molecule has 0 radical (unpaired) electrons. The van der Waals surface area contributed by atoms with Crippen molar-refractivity contribution in [3.63, 3.8) is 0 Å². The van der Waals surface area contributed by atoms with Crippen LogP contribution in [-0.4, -0.2) is 54.1 Å². The Labute approximate surface area is 150 Å². The Morgan fingerprint density at radius 1 is 1.40 bits per heavy atom. The van der Waals surface area contributed by atoms with E-state index in [1.54, 1.807) is 17.3 Å². The van der Waals surface area contributed by atoms with Crippen LogP contribution in [0.4, 0.5) is 10.2 Å². The molecule has 1 atom stereocenters. The molecule has 1 aliphatic heterocycles. The minimum Gasteiger partial charge on any atom is -0.471 e. The van der Waals surface area contributed by atoms with E-state index in [9.17, 15) is 9.18 Å². The van der Waals surface area contributed by atoms with Crippen molar-refractivity contribution >= 4 is 23.3 Å². The molecule has 2 aromatic rings. The van der Waals surface area contributed by atoms with E-state index >= 15 is 0 Å². The topological polar surface area (TPSA) is 58.6 Å². The smallest absolute Gasteiger partial charge is 0.255 e. The van der Waals surface area contributed by atoms with Crippen LogP contribution in [0.3, 0.4) is 0 Å². The molecule has 6 nitrogen and oxygen atoms in total. The van der Waals surface area contributed by atoms with Gasteiger partial charge in [0.15, 0.2) is 5.82 Å². The van der Waals surface area contributed by atoms with E-state index in [0.29, 0.717) is 31.2 Å². The van der Waals surface area contributed by atoms with Crippen molar-refractivity contribution in [2.75, 3.05) is 32.1 Å². The second-order valence-electron chi connectivity index (χ2n) is 6.01. The molecule has 132 valence electrons. The Kier molecular flexibility index (Phi) is 5.03. The van der Waals surface area contributed by atoms with E-state index in [2.05, 4.69) is 9.97 Å². The quantitative estimate of drug-likeness (QED) is 0.834. The fourth-order valence-electron chi connectivity index (χ4n) is 2.62. The number of carbonyl (C=O) groups excluding carboxylic acids is 1. The molecular formula is C17H18ClFN4O2. The van der Waals surface area contributed by atoms with Gasteiger partial charge in [0.2, 0.25) is 5.88 Å². The first-order valence-corrected chi connectivity index (χ1v) is 8.22. The summed E-state index contributed by atoms with van der Waals surface area (Å²) in [4.78, 5) is 24.5. The minimum atomic E-state index is -0.469. The number of benzene rings is 1. The van der Waals surface area contributed by atoms with E-state index in [0.717, 1.165) is 6.07 Å². The van der Waals surface area contributed by atoms with Gasteiger partial charge in [-0.2, -0.15) is 4.98 Å². The Morgan fingerprint density at radius 2 is 2.20 bits per heavy atom. The summed E-state index contributed by atoms with van der Waals surface area (Å²) in [6.45, 7) is 0.957. The average Bonchev–Trinajstić information content (AvgIpc) is 3.03. The van der Waals surface area contributed by atoms with E-state index in [1.165, 1.54) is 12.1 Å². The van der Waals surface area contributed by atoms with Gasteiger partial charge in [-0.05, 0) is 18.2 Å². The monoisotopic (exact) mass is 364 g/mol. The van der Waals surface area contributed by atoms with Crippen LogP contribution in [0.15, 0.2) is 30.6 Å². The number of halogens is 2. The lowest BCUT2D eigenvalue weighted by molar-refractivity contribution is 0.0771. The number of aromatic nitrogens is 2. The van der Waals surface area contributed by atoms with E-state index in [-0.39, 0.29) is 22.6 Å². The van der Waals surface area contributed by atoms with Crippen LogP contribution in [0.2, 0.25) is 5.02 Å². The molecule has 1 amide bonds. The van der Waals surface area contributed by atoms with Gasteiger partial charge < -0.3 is 14.5 Å². The van der Waals surface area contributed by atoms with Crippen LogP contribution >= 0.6 is 11.6 Å². The summed E-state index contributed by atoms with van der Waals surface area (Å²) in [5.41, 5.74) is 0.290. The summed E-state index contributed by atoms with van der Waals surface area (Å²) < 4.78 is 19.0. The molecule has 25 heavy (non-hydrogen) atoms. The van der Waals surface area contributed by atoms with Crippen LogP contribution in [0.1, 0.15) is 16.8 Å². The summed E-state index contributed by atoms with van der Waals surface area (Å²) >= 11 is 5.97. The van der Waals surface area contributed by atoms with Gasteiger partial charge in [0, 0.05) is 27.1 Å². The van der Waals surface area contributed by atoms with Crippen molar-refractivity contribution in [1.29, 1.82) is 0 Å². The van der Waals surface area contributed by atoms with E-state index < -0.39 is 5.82 Å². The number of likely N-dealkylation sites (tertiary alicyclic amines) is 1. The van der Waals surface area contributed by atoms with Gasteiger partial charge in [-0.1, -0.05) is 11.6 Å². The molecule has 1 unspecified atom stereocenters. The van der Waals surface area contributed by atoms with Crippen LogP contribution in [-0.2, 0) is 0 Å². The largest absolute Gasteiger partial charge is 0.471 e. The summed E-state index contributed by atoms with van der Waals surface area (Å²) in [7, 11) is 3.74. The highest BCUT2D eigenvalue weighted by Crippen LogP contribution is 2.23. The zero-order valence-corrected chi connectivity index (χ0v) is 14.7. The molecule has 1 aromatic carbocycles. The molecule has 8 heteroatoms. The SMILES string of the molecule is CN(C)c1cncc(OC2CCN(C(=O)c3ccc(F)cc3Cl)C2)n1. The van der Waals surface area contributed by atoms with Crippen LogP contribution in [0.25, 0.3) is 0 Å². The fraction of sp³-hybridized carbons (Fsp3) is 0.353. The van der Waals surface area contributed by atoms with Gasteiger partial charge >= 0.3 is 0 Å². The lowest BCUT2D eigenvalue weighted by Gasteiger charge is -2.18. The number of amides is 1. The van der Waals surface area contributed by atoms with Gasteiger partial charge in [0.25, 0.3) is 5.91 Å². The third-order valence-electron chi connectivity index (χ3n) is 3.94. The zero-order chi connectivity index (χ0) is 18.0. The predicted octanol–water partition coefficient (Wildman–Crippen LogP) is 2.63. The maximum Gasteiger partial charge on any atom is 0.255 e. The Balaban J connectivity index is 1.65. The molecule has 0 spiro atoms. The number of ether oxygens (including phenoxy) is 1. The third-order valence-corrected chi connectivity index (χ3v) is 4.25. The van der Waals surface area contributed by atoms with Crippen LogP contribution in [0.5, 0.6) is 5.88 Å². The summed E-state index contributed by atoms with van der Waals surface area (Å²) in [6, 6.07) is 3.77. The normalized spacial score (nSPS) is 16.8. The lowest BCUT2D eigenvalue weighted by Crippen LogP contribution is -2.31. The Bertz CT molecular complexity index is 787. The second kappa shape index (κ2) is 7.23. The fourth-order valence-corrected chi connectivity index (χ4v) is 2.87. The number of rotatable bonds is 4. The second-order valence-corrected chi connectivity index (χ2v) is 6.42. The first kappa shape index (κ1) is 17.4. The molecule has 2 heterocycles. The highest BCUT2D eigenvalue weighted by atomic mass is 35.5. The number of hydrogen-bond acceptors (Lipinski definition) is 5. The number of anilines is 1. The molecule has 3 rings (SSSR count). The molecule has 0 N–H and O–H groups in total. The van der Waals surface area contributed by atoms with Crippen molar-refractivity contribution in [2.45, 2.75) is 12.5 Å². The number of nitrogens with zero attached hydrogens (tertiary/aromatic N) is 4. The summed E-state index contributed by atoms with van der Waals surface area (Å²) in [5.74, 6) is 0.416. The molecule has 1 aromatic heterocycles. The maximum atomic E-state index is 13.1. The van der Waals surface area contributed by atoms with Crippen LogP contribution in [0, 0.1) is 5.82 Å². The lowest BCUT2D eigenvalue weighted by atomic mass is 10.2. The number of carbonyl (C=O) groups is 1. The summed E-state index contributed by atoms with van der Waals surface area (Å²) in [6.07, 6.45) is 3.70. The van der Waals surface area contributed by atoms with Crippen molar-refractivity contribution in [1.82, 2.24) is 14.9 Å². The molecule has 0 bridgehead atoms. The molecular weight excluding hydrogens is 347 g/mol. The number of hydrogen-bond donors (Lipinski definition) is 0. The molecule has 0 aliphatic carbocycles. The van der Waals surface area contributed by atoms with Gasteiger partial charge in [-0.25, -0.2) is 4.39 Å². The van der Waals surface area contributed by atoms with Gasteiger partial charge in [-0.15, -0.1) is 0 Å². The maximum absolute atomic E-state index is 13.1. The Hall–Kier alpha value is -2.41. The van der Waals surface area contributed by atoms with E-state index in [4.69, 9.17) is 16.3 Å². The van der Waals surface area contributed by atoms with Crippen molar-refractivity contribution in [2.24, 2.45) is 0 Å². The van der Waals surface area contributed by atoms with Crippen molar-refractivity contribution in [3.8, 4) is 5.88 Å². The first-order chi connectivity index (χ1) is 11.9. The molecule has 1 saturated heterocycles. The first-order valence-electron chi connectivity index (χ1n) is 7.84. The van der Waals surface area contributed by atoms with Gasteiger partial charge in [-0.3, -0.25) is 9.78 Å². The van der Waals surface area contributed by atoms with Crippen molar-refractivity contribution < 1.29 is 13.9 Å². The highest BCUT2D eigenvalue weighted by molar-refractivity contribution is 6.33. The van der Waals surface area contributed by atoms with Gasteiger partial charge in [0.05, 0.1) is 29.5 Å². The average molecular weight is 365 g/mol. The minimum absolute atomic E-state index is 0.110. The third kappa shape index (κ3) is 3.99. The van der Waals surface area contributed by atoms with Gasteiger partial charge in [0.1, 0.15) is 11.9 Å². The molecule has 1 fully saturated rings. The van der Waals surface area contributed by atoms with Crippen molar-refractivity contribution in [3.05, 3.63) is 47.0 Å². The molecule has 1 aliphatic rings. The zero-order valence-electron chi connectivity index (χ0n) is 13.9. The molecule has 0 saturated carbocycles. The Morgan fingerprint density at radius 3 is 2.92 bits per heavy atom. The predicted molar refractivity (Wildman–Crippen MR) is 92.7 cm³/mol. The standard InChI is InChI=1S/C17H18ClFN4O2/c1-22(2)15-8-20-9-16(21-15)25-12-5-6-23(10-12)17(24)13-4-3-11(19)7-14(13)18/h3-4,7-9,12H,5-6,10H2,1-2H3.